The van der Waals surface area contributed by atoms with E-state index in [9.17, 15) is 9.59 Å². The fraction of sp³-hybridized carbons (Fsp3) is 0.381. The maximum absolute atomic E-state index is 13.2. The fourth-order valence-corrected chi connectivity index (χ4v) is 3.58. The number of anilines is 1. The van der Waals surface area contributed by atoms with Crippen LogP contribution in [0.25, 0.3) is 0 Å². The number of carbonyl (C=O) groups excluding carboxylic acids is 2. The second kappa shape index (κ2) is 7.78. The molecule has 1 unspecified atom stereocenters. The summed E-state index contributed by atoms with van der Waals surface area (Å²) in [5, 5.41) is 0. The molecular weight excluding hydrogens is 342 g/mol. The van der Waals surface area contributed by atoms with E-state index in [0.717, 1.165) is 17.7 Å². The maximum atomic E-state index is 13.2. The molecule has 1 amide bonds. The number of likely N-dealkylation sites (tertiary alicyclic amines) is 1. The van der Waals surface area contributed by atoms with Gasteiger partial charge in [0.05, 0.1) is 18.7 Å². The van der Waals surface area contributed by atoms with Gasteiger partial charge in [0, 0.05) is 32.4 Å². The normalized spacial score (nSPS) is 16.3. The van der Waals surface area contributed by atoms with Crippen molar-refractivity contribution in [1.29, 1.82) is 0 Å². The molecule has 0 aliphatic carbocycles. The first-order valence-corrected chi connectivity index (χ1v) is 9.06. The number of ketones is 1. The van der Waals surface area contributed by atoms with Crippen molar-refractivity contribution in [3.8, 4) is 5.75 Å². The second-order valence-corrected chi connectivity index (χ2v) is 6.97. The van der Waals surface area contributed by atoms with Gasteiger partial charge in [-0.25, -0.2) is 4.98 Å². The van der Waals surface area contributed by atoms with E-state index in [4.69, 9.17) is 4.74 Å². The van der Waals surface area contributed by atoms with E-state index >= 15 is 0 Å². The summed E-state index contributed by atoms with van der Waals surface area (Å²) in [5.74, 6) is 1.19. The van der Waals surface area contributed by atoms with Crippen molar-refractivity contribution in [2.24, 2.45) is 0 Å². The molecule has 1 saturated heterocycles. The van der Waals surface area contributed by atoms with Crippen LogP contribution in [0.5, 0.6) is 5.75 Å². The molecule has 1 aliphatic rings. The molecule has 27 heavy (non-hydrogen) atoms. The molecule has 0 saturated carbocycles. The van der Waals surface area contributed by atoms with E-state index in [0.29, 0.717) is 29.9 Å². The third-order valence-corrected chi connectivity index (χ3v) is 4.94. The average Bonchev–Trinajstić information content (AvgIpc) is 3.16. The average molecular weight is 367 g/mol. The summed E-state index contributed by atoms with van der Waals surface area (Å²) in [7, 11) is 5.31. The number of ether oxygens (including phenoxy) is 1. The number of Topliss-reactive ketones (excluding diaryl/α,β-unsaturated/α-hetero) is 1. The Bertz CT molecular complexity index is 864. The molecule has 142 valence electrons. The predicted molar refractivity (Wildman–Crippen MR) is 105 cm³/mol. The third kappa shape index (κ3) is 3.65. The first-order chi connectivity index (χ1) is 12.9. The summed E-state index contributed by atoms with van der Waals surface area (Å²) in [6.07, 6.45) is 3.15. The number of methoxy groups -OCH3 is 1. The number of amides is 1. The molecular formula is C21H25N3O3. The summed E-state index contributed by atoms with van der Waals surface area (Å²) in [5.41, 5.74) is 2.03. The largest absolute Gasteiger partial charge is 0.496 e. The van der Waals surface area contributed by atoms with Gasteiger partial charge < -0.3 is 14.5 Å². The van der Waals surface area contributed by atoms with Crippen LogP contribution >= 0.6 is 0 Å². The van der Waals surface area contributed by atoms with Gasteiger partial charge in [0.25, 0.3) is 5.91 Å². The molecule has 1 aromatic carbocycles. The van der Waals surface area contributed by atoms with E-state index in [1.54, 1.807) is 42.5 Å². The Balaban J connectivity index is 1.88. The quantitative estimate of drug-likeness (QED) is 0.761. The number of benzene rings is 1. The second-order valence-electron chi connectivity index (χ2n) is 6.97. The molecule has 6 nitrogen and oxygen atoms in total. The number of hydrogen-bond donors (Lipinski definition) is 0. The van der Waals surface area contributed by atoms with Crippen LogP contribution in [0.4, 0.5) is 5.82 Å². The minimum Gasteiger partial charge on any atom is -0.496 e. The molecule has 0 spiro atoms. The van der Waals surface area contributed by atoms with Gasteiger partial charge in [0.2, 0.25) is 0 Å². The van der Waals surface area contributed by atoms with Crippen LogP contribution in [-0.2, 0) is 0 Å². The van der Waals surface area contributed by atoms with Crippen LogP contribution in [0.1, 0.15) is 39.1 Å². The highest BCUT2D eigenvalue weighted by molar-refractivity contribution is 6.06. The highest BCUT2D eigenvalue weighted by Crippen LogP contribution is 2.27. The van der Waals surface area contributed by atoms with Crippen molar-refractivity contribution in [3.05, 3.63) is 53.2 Å². The monoisotopic (exact) mass is 367 g/mol. The molecule has 2 heterocycles. The van der Waals surface area contributed by atoms with Crippen LogP contribution in [0.2, 0.25) is 0 Å². The number of carbonyl (C=O) groups is 2. The fourth-order valence-electron chi connectivity index (χ4n) is 3.58. The summed E-state index contributed by atoms with van der Waals surface area (Å²) >= 11 is 0. The molecule has 0 bridgehead atoms. The number of rotatable bonds is 5. The van der Waals surface area contributed by atoms with Gasteiger partial charge in [-0.15, -0.1) is 0 Å². The SMILES string of the molecule is COc1ccc(C(=O)C2CCCN2C(=O)c2cccnc2N(C)C)cc1C. The van der Waals surface area contributed by atoms with Gasteiger partial charge in [0.1, 0.15) is 11.6 Å². The van der Waals surface area contributed by atoms with Crippen LogP contribution in [-0.4, -0.2) is 55.4 Å². The first kappa shape index (κ1) is 18.9. The van der Waals surface area contributed by atoms with Crippen molar-refractivity contribution in [1.82, 2.24) is 9.88 Å². The van der Waals surface area contributed by atoms with E-state index in [1.165, 1.54) is 0 Å². The van der Waals surface area contributed by atoms with Crippen molar-refractivity contribution in [2.75, 3.05) is 32.6 Å². The minimum atomic E-state index is -0.444. The standard InChI is InChI=1S/C21H25N3O3/c1-14-13-15(9-10-18(14)27-4)19(25)17-8-6-12-24(17)21(26)16-7-5-11-22-20(16)23(2)3/h5,7,9-11,13,17H,6,8,12H2,1-4H3. The van der Waals surface area contributed by atoms with Crippen molar-refractivity contribution in [3.63, 3.8) is 0 Å². The Hall–Kier alpha value is -2.89. The summed E-state index contributed by atoms with van der Waals surface area (Å²) in [6, 6.07) is 8.47. The predicted octanol–water partition coefficient (Wildman–Crippen LogP) is 2.95. The summed E-state index contributed by atoms with van der Waals surface area (Å²) in [6.45, 7) is 2.48. The summed E-state index contributed by atoms with van der Waals surface area (Å²) < 4.78 is 5.27. The van der Waals surface area contributed by atoms with E-state index in [-0.39, 0.29) is 11.7 Å². The van der Waals surface area contributed by atoms with Gasteiger partial charge in [-0.3, -0.25) is 9.59 Å². The van der Waals surface area contributed by atoms with Gasteiger partial charge >= 0.3 is 0 Å². The molecule has 2 aromatic rings. The lowest BCUT2D eigenvalue weighted by molar-refractivity contribution is 0.0671. The van der Waals surface area contributed by atoms with Crippen LogP contribution < -0.4 is 9.64 Å². The third-order valence-electron chi connectivity index (χ3n) is 4.94. The number of nitrogens with zero attached hydrogens (tertiary/aromatic N) is 3. The Morgan fingerprint density at radius 3 is 2.70 bits per heavy atom. The van der Waals surface area contributed by atoms with Crippen LogP contribution in [0.3, 0.4) is 0 Å². The Kier molecular flexibility index (Phi) is 5.44. The van der Waals surface area contributed by atoms with Crippen LogP contribution in [0, 0.1) is 6.92 Å². The molecule has 1 fully saturated rings. The molecule has 6 heteroatoms. The van der Waals surface area contributed by atoms with Gasteiger partial charge in [0.15, 0.2) is 5.78 Å². The summed E-state index contributed by atoms with van der Waals surface area (Å²) in [4.78, 5) is 34.1. The van der Waals surface area contributed by atoms with Gasteiger partial charge in [-0.2, -0.15) is 0 Å². The number of pyridine rings is 1. The molecule has 0 N–H and O–H groups in total. The molecule has 1 aliphatic heterocycles. The van der Waals surface area contributed by atoms with Crippen molar-refractivity contribution >= 4 is 17.5 Å². The number of hydrogen-bond acceptors (Lipinski definition) is 5. The van der Waals surface area contributed by atoms with Gasteiger partial charge in [-0.05, 0) is 55.7 Å². The lowest BCUT2D eigenvalue weighted by atomic mass is 9.99. The Morgan fingerprint density at radius 1 is 1.26 bits per heavy atom. The number of aryl methyl sites for hydroxylation is 1. The van der Waals surface area contributed by atoms with E-state index < -0.39 is 6.04 Å². The van der Waals surface area contributed by atoms with E-state index in [2.05, 4.69) is 4.98 Å². The zero-order chi connectivity index (χ0) is 19.6. The zero-order valence-corrected chi connectivity index (χ0v) is 16.2. The zero-order valence-electron chi connectivity index (χ0n) is 16.2. The molecule has 3 rings (SSSR count). The topological polar surface area (TPSA) is 62.7 Å². The van der Waals surface area contributed by atoms with Crippen LogP contribution in [0.15, 0.2) is 36.5 Å². The Morgan fingerprint density at radius 2 is 2.04 bits per heavy atom. The van der Waals surface area contributed by atoms with Gasteiger partial charge in [-0.1, -0.05) is 0 Å². The minimum absolute atomic E-state index is 0.0260. The first-order valence-electron chi connectivity index (χ1n) is 9.06. The molecule has 0 radical (unpaired) electrons. The highest BCUT2D eigenvalue weighted by atomic mass is 16.5. The smallest absolute Gasteiger partial charge is 0.258 e. The Labute approximate surface area is 159 Å². The molecule has 1 aromatic heterocycles. The van der Waals surface area contributed by atoms with E-state index in [1.807, 2.05) is 32.0 Å². The molecule has 1 atom stereocenters. The maximum Gasteiger partial charge on any atom is 0.258 e. The lowest BCUT2D eigenvalue weighted by Gasteiger charge is -2.25. The van der Waals surface area contributed by atoms with Crippen molar-refractivity contribution < 1.29 is 14.3 Å². The lowest BCUT2D eigenvalue weighted by Crippen LogP contribution is -2.41. The highest BCUT2D eigenvalue weighted by Gasteiger charge is 2.36. The number of aromatic nitrogens is 1. The van der Waals surface area contributed by atoms with Crippen molar-refractivity contribution in [2.45, 2.75) is 25.8 Å².